The van der Waals surface area contributed by atoms with Crippen molar-refractivity contribution in [3.63, 3.8) is 0 Å². The Morgan fingerprint density at radius 3 is 2.79 bits per heavy atom. The van der Waals surface area contributed by atoms with Crippen LogP contribution in [0.3, 0.4) is 0 Å². The van der Waals surface area contributed by atoms with Crippen LogP contribution < -0.4 is 5.56 Å². The number of thioether (sulfide) groups is 1. The molecule has 28 heavy (non-hydrogen) atoms. The summed E-state index contributed by atoms with van der Waals surface area (Å²) in [5.74, 6) is 1.71. The molecule has 0 saturated carbocycles. The van der Waals surface area contributed by atoms with Gasteiger partial charge in [-0.2, -0.15) is 4.98 Å². The van der Waals surface area contributed by atoms with Crippen molar-refractivity contribution in [1.82, 2.24) is 24.7 Å². The number of fused-ring (bicyclic) bond motifs is 1. The van der Waals surface area contributed by atoms with Crippen molar-refractivity contribution in [1.29, 1.82) is 0 Å². The molecule has 0 aliphatic heterocycles. The molecule has 0 amide bonds. The summed E-state index contributed by atoms with van der Waals surface area (Å²) in [6, 6.07) is 11.1. The molecule has 3 heterocycles. The van der Waals surface area contributed by atoms with Crippen LogP contribution in [0.2, 0.25) is 0 Å². The average Bonchev–Trinajstić information content (AvgIpc) is 3.18. The van der Waals surface area contributed by atoms with E-state index < -0.39 is 0 Å². The average molecular weight is 393 g/mol. The minimum absolute atomic E-state index is 0.154. The SMILES string of the molecule is CCc1noc(C(C)Sc2nc3ccccc3c(=O)n2-c2cc(C)ccn2)n1. The fourth-order valence-corrected chi connectivity index (χ4v) is 3.77. The molecule has 0 aliphatic carbocycles. The molecule has 142 valence electrons. The summed E-state index contributed by atoms with van der Waals surface area (Å²) in [4.78, 5) is 26.8. The minimum atomic E-state index is -0.170. The van der Waals surface area contributed by atoms with E-state index >= 15 is 0 Å². The van der Waals surface area contributed by atoms with E-state index in [9.17, 15) is 4.79 Å². The van der Waals surface area contributed by atoms with Gasteiger partial charge in [-0.15, -0.1) is 0 Å². The van der Waals surface area contributed by atoms with Crippen LogP contribution in [0.1, 0.15) is 36.4 Å². The van der Waals surface area contributed by atoms with Gasteiger partial charge in [0.25, 0.3) is 5.56 Å². The van der Waals surface area contributed by atoms with Gasteiger partial charge in [-0.1, -0.05) is 36.0 Å². The molecule has 1 aromatic carbocycles. The Labute approximate surface area is 165 Å². The van der Waals surface area contributed by atoms with E-state index in [0.717, 1.165) is 5.56 Å². The molecule has 8 heteroatoms. The van der Waals surface area contributed by atoms with Crippen LogP contribution in [0.25, 0.3) is 16.7 Å². The van der Waals surface area contributed by atoms with Crippen molar-refractivity contribution in [2.75, 3.05) is 0 Å². The summed E-state index contributed by atoms with van der Waals surface area (Å²) in [6.07, 6.45) is 2.39. The van der Waals surface area contributed by atoms with Crippen molar-refractivity contribution in [3.8, 4) is 5.82 Å². The zero-order chi connectivity index (χ0) is 19.7. The Kier molecular flexibility index (Phi) is 4.95. The molecule has 4 rings (SSSR count). The number of para-hydroxylation sites is 1. The van der Waals surface area contributed by atoms with E-state index in [0.29, 0.717) is 40.0 Å². The van der Waals surface area contributed by atoms with Crippen LogP contribution >= 0.6 is 11.8 Å². The molecular formula is C20H19N5O2S. The summed E-state index contributed by atoms with van der Waals surface area (Å²) in [6.45, 7) is 5.89. The molecule has 0 saturated heterocycles. The van der Waals surface area contributed by atoms with Crippen LogP contribution in [-0.2, 0) is 6.42 Å². The standard InChI is InChI=1S/C20H19N5O2S/c1-4-16-23-18(27-24-16)13(3)28-20-22-15-8-6-5-7-14(15)19(26)25(20)17-11-12(2)9-10-21-17/h5-11,13H,4H2,1-3H3. The zero-order valence-corrected chi connectivity index (χ0v) is 16.6. The molecule has 0 radical (unpaired) electrons. The highest BCUT2D eigenvalue weighted by molar-refractivity contribution is 7.99. The third-order valence-corrected chi connectivity index (χ3v) is 5.34. The van der Waals surface area contributed by atoms with Gasteiger partial charge in [-0.05, 0) is 43.7 Å². The minimum Gasteiger partial charge on any atom is -0.338 e. The summed E-state index contributed by atoms with van der Waals surface area (Å²) in [7, 11) is 0. The van der Waals surface area contributed by atoms with Crippen molar-refractivity contribution in [2.45, 2.75) is 37.6 Å². The topological polar surface area (TPSA) is 86.7 Å². The molecule has 0 aliphatic rings. The number of aryl methyl sites for hydroxylation is 2. The molecule has 0 spiro atoms. The van der Waals surface area contributed by atoms with Crippen LogP contribution in [0.4, 0.5) is 0 Å². The molecule has 1 unspecified atom stereocenters. The maximum Gasteiger partial charge on any atom is 0.267 e. The Balaban J connectivity index is 1.86. The maximum absolute atomic E-state index is 13.2. The quantitative estimate of drug-likeness (QED) is 0.375. The summed E-state index contributed by atoms with van der Waals surface area (Å²) >= 11 is 1.39. The first-order valence-electron chi connectivity index (χ1n) is 9.00. The van der Waals surface area contributed by atoms with Gasteiger partial charge in [0.05, 0.1) is 16.2 Å². The van der Waals surface area contributed by atoms with Gasteiger partial charge in [-0.25, -0.2) is 14.5 Å². The third-order valence-electron chi connectivity index (χ3n) is 4.31. The largest absolute Gasteiger partial charge is 0.338 e. The smallest absolute Gasteiger partial charge is 0.267 e. The Morgan fingerprint density at radius 2 is 2.04 bits per heavy atom. The second-order valence-electron chi connectivity index (χ2n) is 6.41. The molecule has 0 N–H and O–H groups in total. The first-order valence-corrected chi connectivity index (χ1v) is 9.88. The van der Waals surface area contributed by atoms with Gasteiger partial charge in [0, 0.05) is 12.6 Å². The van der Waals surface area contributed by atoms with Gasteiger partial charge in [0.1, 0.15) is 5.82 Å². The van der Waals surface area contributed by atoms with Gasteiger partial charge in [0.15, 0.2) is 11.0 Å². The zero-order valence-electron chi connectivity index (χ0n) is 15.8. The van der Waals surface area contributed by atoms with Crippen molar-refractivity contribution in [3.05, 3.63) is 70.2 Å². The molecule has 0 bridgehead atoms. The second-order valence-corrected chi connectivity index (χ2v) is 7.71. The van der Waals surface area contributed by atoms with E-state index in [-0.39, 0.29) is 10.8 Å². The molecule has 1 atom stereocenters. The lowest BCUT2D eigenvalue weighted by Gasteiger charge is -2.14. The number of pyridine rings is 1. The Morgan fingerprint density at radius 1 is 1.21 bits per heavy atom. The third kappa shape index (κ3) is 3.43. The summed E-state index contributed by atoms with van der Waals surface area (Å²) in [5, 5.41) is 4.87. The predicted molar refractivity (Wildman–Crippen MR) is 108 cm³/mol. The van der Waals surface area contributed by atoms with Crippen molar-refractivity contribution < 1.29 is 4.52 Å². The van der Waals surface area contributed by atoms with E-state index in [1.54, 1.807) is 16.8 Å². The molecule has 7 nitrogen and oxygen atoms in total. The van der Waals surface area contributed by atoms with Gasteiger partial charge in [-0.3, -0.25) is 4.79 Å². The highest BCUT2D eigenvalue weighted by Crippen LogP contribution is 2.33. The van der Waals surface area contributed by atoms with E-state index in [2.05, 4.69) is 15.1 Å². The van der Waals surface area contributed by atoms with Crippen LogP contribution in [0.5, 0.6) is 0 Å². The molecule has 4 aromatic rings. The number of aromatic nitrogens is 5. The summed E-state index contributed by atoms with van der Waals surface area (Å²) < 4.78 is 6.91. The Bertz CT molecular complexity index is 1200. The monoisotopic (exact) mass is 393 g/mol. The lowest BCUT2D eigenvalue weighted by molar-refractivity contribution is 0.375. The van der Waals surface area contributed by atoms with E-state index in [1.807, 2.05) is 51.1 Å². The van der Waals surface area contributed by atoms with E-state index in [1.165, 1.54) is 11.8 Å². The maximum atomic E-state index is 13.2. The number of hydrogen-bond donors (Lipinski definition) is 0. The van der Waals surface area contributed by atoms with E-state index in [4.69, 9.17) is 9.51 Å². The fraction of sp³-hybridized carbons (Fsp3) is 0.250. The predicted octanol–water partition coefficient (Wildman–Crippen LogP) is 3.89. The molecular weight excluding hydrogens is 374 g/mol. The van der Waals surface area contributed by atoms with Gasteiger partial charge >= 0.3 is 0 Å². The summed E-state index contributed by atoms with van der Waals surface area (Å²) in [5.41, 5.74) is 1.50. The van der Waals surface area contributed by atoms with Crippen LogP contribution in [0.15, 0.2) is 57.1 Å². The van der Waals surface area contributed by atoms with Crippen LogP contribution in [-0.4, -0.2) is 24.7 Å². The normalized spacial score (nSPS) is 12.4. The Hall–Kier alpha value is -3.00. The van der Waals surface area contributed by atoms with Crippen LogP contribution in [0, 0.1) is 6.92 Å². The molecule has 0 fully saturated rings. The first-order chi connectivity index (χ1) is 13.6. The number of benzene rings is 1. The molecule has 3 aromatic heterocycles. The first kappa shape index (κ1) is 18.4. The highest BCUT2D eigenvalue weighted by Gasteiger charge is 2.21. The number of hydrogen-bond acceptors (Lipinski definition) is 7. The van der Waals surface area contributed by atoms with Crippen molar-refractivity contribution in [2.24, 2.45) is 0 Å². The fourth-order valence-electron chi connectivity index (χ4n) is 2.82. The lowest BCUT2D eigenvalue weighted by Crippen LogP contribution is -2.23. The number of nitrogens with zero attached hydrogens (tertiary/aromatic N) is 5. The van der Waals surface area contributed by atoms with Gasteiger partial charge < -0.3 is 4.52 Å². The lowest BCUT2D eigenvalue weighted by atomic mass is 10.2. The second kappa shape index (κ2) is 7.55. The highest BCUT2D eigenvalue weighted by atomic mass is 32.2. The van der Waals surface area contributed by atoms with Crippen molar-refractivity contribution >= 4 is 22.7 Å². The van der Waals surface area contributed by atoms with Gasteiger partial charge in [0.2, 0.25) is 5.89 Å². The number of rotatable bonds is 5.